The van der Waals surface area contributed by atoms with Crippen molar-refractivity contribution in [3.63, 3.8) is 0 Å². The van der Waals surface area contributed by atoms with Crippen molar-refractivity contribution in [2.75, 3.05) is 6.61 Å². The van der Waals surface area contributed by atoms with Gasteiger partial charge >= 0.3 is 23.9 Å². The summed E-state index contributed by atoms with van der Waals surface area (Å²) in [5.41, 5.74) is 8.79. The van der Waals surface area contributed by atoms with Gasteiger partial charge in [0.25, 0.3) is 0 Å². The Balaban J connectivity index is 3.28. The number of rotatable bonds is 6. The molecule has 1 fully saturated rings. The third-order valence-electron chi connectivity index (χ3n) is 3.64. The molecule has 0 aromatic rings. The Kier molecular flexibility index (Phi) is 7.85. The number of carbonyl (C=O) groups is 4. The van der Waals surface area contributed by atoms with Gasteiger partial charge in [0.15, 0.2) is 12.2 Å². The molecule has 1 saturated carbocycles. The summed E-state index contributed by atoms with van der Waals surface area (Å²) in [6.07, 6.45) is -3.33. The van der Waals surface area contributed by atoms with Crippen LogP contribution in [0.4, 0.5) is 0 Å². The molecule has 0 amide bonds. The molecule has 0 aromatic heterocycles. The molecule has 0 aromatic carbocycles. The molecule has 0 unspecified atom stereocenters. The largest absolute Gasteiger partial charge is 0.465 e. The van der Waals surface area contributed by atoms with E-state index in [1.807, 2.05) is 0 Å². The summed E-state index contributed by atoms with van der Waals surface area (Å²) in [7, 11) is 0. The van der Waals surface area contributed by atoms with Crippen molar-refractivity contribution >= 4 is 23.9 Å². The zero-order valence-electron chi connectivity index (χ0n) is 14.9. The number of nitrogens with zero attached hydrogens (tertiary/aromatic N) is 3. The fraction of sp³-hybridized carbons (Fsp3) is 0.733. The number of azide groups is 1. The number of esters is 4. The maximum Gasteiger partial charge on any atom is 0.303 e. The molecule has 144 valence electrons. The van der Waals surface area contributed by atoms with Crippen LogP contribution in [0.5, 0.6) is 0 Å². The highest BCUT2D eigenvalue weighted by atomic mass is 16.6. The molecule has 0 heterocycles. The van der Waals surface area contributed by atoms with E-state index in [1.165, 1.54) is 6.92 Å². The lowest BCUT2D eigenvalue weighted by atomic mass is 9.79. The van der Waals surface area contributed by atoms with Crippen LogP contribution in [0.25, 0.3) is 10.4 Å². The van der Waals surface area contributed by atoms with E-state index in [2.05, 4.69) is 10.0 Å². The average molecular weight is 371 g/mol. The van der Waals surface area contributed by atoms with Crippen LogP contribution < -0.4 is 0 Å². The molecular weight excluding hydrogens is 350 g/mol. The molecular formula is C15H21N3O8. The van der Waals surface area contributed by atoms with Gasteiger partial charge in [-0.2, -0.15) is 0 Å². The molecule has 0 bridgehead atoms. The van der Waals surface area contributed by atoms with E-state index in [4.69, 9.17) is 24.5 Å². The third kappa shape index (κ3) is 6.25. The lowest BCUT2D eigenvalue weighted by Gasteiger charge is -2.43. The molecule has 0 N–H and O–H groups in total. The van der Waals surface area contributed by atoms with Gasteiger partial charge in [0.1, 0.15) is 6.10 Å². The fourth-order valence-corrected chi connectivity index (χ4v) is 2.84. The molecule has 0 radical (unpaired) electrons. The number of hydrogen-bond donors (Lipinski definition) is 0. The van der Waals surface area contributed by atoms with E-state index in [-0.39, 0.29) is 13.0 Å². The van der Waals surface area contributed by atoms with E-state index >= 15 is 0 Å². The lowest BCUT2D eigenvalue weighted by Crippen LogP contribution is -2.58. The van der Waals surface area contributed by atoms with Crippen LogP contribution in [-0.4, -0.2) is 54.8 Å². The Morgan fingerprint density at radius 1 is 0.885 bits per heavy atom. The van der Waals surface area contributed by atoms with Crippen molar-refractivity contribution in [3.8, 4) is 0 Å². The van der Waals surface area contributed by atoms with Crippen LogP contribution >= 0.6 is 0 Å². The smallest absolute Gasteiger partial charge is 0.303 e. The fourth-order valence-electron chi connectivity index (χ4n) is 2.84. The molecule has 0 spiro atoms. The molecule has 11 nitrogen and oxygen atoms in total. The maximum absolute atomic E-state index is 11.5. The SMILES string of the molecule is CC(=O)OC[C@@H]1C[C@@H](N=[N+]=[N-])[C@@H](OC(C)=O)[C@H](OC(C)=O)[C@H]1OC(C)=O. The Morgan fingerprint density at radius 3 is 1.85 bits per heavy atom. The van der Waals surface area contributed by atoms with Crippen LogP contribution in [0.3, 0.4) is 0 Å². The summed E-state index contributed by atoms with van der Waals surface area (Å²) in [4.78, 5) is 48.3. The van der Waals surface area contributed by atoms with Crippen LogP contribution in [-0.2, 0) is 38.1 Å². The molecule has 1 aliphatic carbocycles. The second-order valence-electron chi connectivity index (χ2n) is 5.79. The zero-order valence-corrected chi connectivity index (χ0v) is 14.9. The molecule has 26 heavy (non-hydrogen) atoms. The van der Waals surface area contributed by atoms with E-state index in [9.17, 15) is 19.2 Å². The molecule has 0 saturated heterocycles. The van der Waals surface area contributed by atoms with Crippen molar-refractivity contribution in [2.45, 2.75) is 58.5 Å². The third-order valence-corrected chi connectivity index (χ3v) is 3.64. The average Bonchev–Trinajstić information content (AvgIpc) is 2.50. The van der Waals surface area contributed by atoms with Gasteiger partial charge in [0.2, 0.25) is 0 Å². The van der Waals surface area contributed by atoms with Crippen LogP contribution in [0.2, 0.25) is 0 Å². The Hall–Kier alpha value is -2.81. The van der Waals surface area contributed by atoms with E-state index in [0.29, 0.717) is 0 Å². The van der Waals surface area contributed by atoms with E-state index in [1.54, 1.807) is 0 Å². The Morgan fingerprint density at radius 2 is 1.38 bits per heavy atom. The van der Waals surface area contributed by atoms with Crippen molar-refractivity contribution in [1.29, 1.82) is 0 Å². The lowest BCUT2D eigenvalue weighted by molar-refractivity contribution is -0.202. The first kappa shape index (κ1) is 21.2. The van der Waals surface area contributed by atoms with Gasteiger partial charge in [-0.25, -0.2) is 0 Å². The van der Waals surface area contributed by atoms with E-state index in [0.717, 1.165) is 20.8 Å². The minimum Gasteiger partial charge on any atom is -0.465 e. The first-order chi connectivity index (χ1) is 12.1. The minimum absolute atomic E-state index is 0.0883. The summed E-state index contributed by atoms with van der Waals surface area (Å²) in [5, 5.41) is 3.60. The first-order valence-electron chi connectivity index (χ1n) is 7.85. The Labute approximate surface area is 149 Å². The highest BCUT2D eigenvalue weighted by Crippen LogP contribution is 2.34. The molecule has 1 rings (SSSR count). The number of ether oxygens (including phenoxy) is 4. The van der Waals surface area contributed by atoms with Crippen molar-refractivity contribution in [3.05, 3.63) is 10.4 Å². The monoisotopic (exact) mass is 371 g/mol. The predicted molar refractivity (Wildman–Crippen MR) is 84.3 cm³/mol. The summed E-state index contributed by atoms with van der Waals surface area (Å²) in [6, 6.07) is -0.902. The normalized spacial score (nSPS) is 27.5. The first-order valence-corrected chi connectivity index (χ1v) is 7.85. The van der Waals surface area contributed by atoms with Gasteiger partial charge in [-0.1, -0.05) is 5.11 Å². The predicted octanol–water partition coefficient (Wildman–Crippen LogP) is 1.04. The van der Waals surface area contributed by atoms with Gasteiger partial charge in [0, 0.05) is 38.5 Å². The van der Waals surface area contributed by atoms with E-state index < -0.39 is 54.1 Å². The van der Waals surface area contributed by atoms with Crippen LogP contribution in [0.15, 0.2) is 5.11 Å². The van der Waals surface area contributed by atoms with Crippen LogP contribution in [0, 0.1) is 5.92 Å². The van der Waals surface area contributed by atoms with Crippen molar-refractivity contribution in [2.24, 2.45) is 11.0 Å². The summed E-state index contributed by atoms with van der Waals surface area (Å²) in [5.74, 6) is -3.25. The highest BCUT2D eigenvalue weighted by molar-refractivity contribution is 5.68. The summed E-state index contributed by atoms with van der Waals surface area (Å²) in [6.45, 7) is 4.49. The van der Waals surface area contributed by atoms with Gasteiger partial charge in [-0.3, -0.25) is 19.2 Å². The quantitative estimate of drug-likeness (QED) is 0.220. The highest BCUT2D eigenvalue weighted by Gasteiger charge is 2.50. The standard InChI is InChI=1S/C15H21N3O8/c1-7(19)23-6-11-5-12(17-18-16)14(25-9(3)21)15(26-10(4)22)13(11)24-8(2)20/h11-15H,5-6H2,1-4H3/t11-,12+,13-,14+,15+/m0/s1. The van der Waals surface area contributed by atoms with Crippen LogP contribution in [0.1, 0.15) is 34.1 Å². The van der Waals surface area contributed by atoms with Crippen molar-refractivity contribution < 1.29 is 38.1 Å². The van der Waals surface area contributed by atoms with Gasteiger partial charge in [-0.05, 0) is 12.0 Å². The van der Waals surface area contributed by atoms with Gasteiger partial charge in [0.05, 0.1) is 12.6 Å². The minimum atomic E-state index is -1.22. The number of hydrogen-bond acceptors (Lipinski definition) is 9. The molecule has 5 atom stereocenters. The summed E-state index contributed by atoms with van der Waals surface area (Å²) >= 11 is 0. The van der Waals surface area contributed by atoms with Gasteiger partial charge < -0.3 is 18.9 Å². The molecule has 0 aliphatic heterocycles. The molecule has 1 aliphatic rings. The van der Waals surface area contributed by atoms with Crippen molar-refractivity contribution in [1.82, 2.24) is 0 Å². The summed E-state index contributed by atoms with van der Waals surface area (Å²) < 4.78 is 20.6. The second-order valence-corrected chi connectivity index (χ2v) is 5.79. The number of carbonyl (C=O) groups excluding carboxylic acids is 4. The van der Waals surface area contributed by atoms with Gasteiger partial charge in [-0.15, -0.1) is 0 Å². The molecule has 11 heteroatoms. The maximum atomic E-state index is 11.5. The second kappa shape index (κ2) is 9.62. The Bertz CT molecular complexity index is 616. The topological polar surface area (TPSA) is 154 Å². The zero-order chi connectivity index (χ0) is 19.9.